The quantitative estimate of drug-likeness (QED) is 0.902. The molecule has 3 rings (SSSR count). The molecule has 0 bridgehead atoms. The van der Waals surface area contributed by atoms with E-state index in [1.807, 2.05) is 18.2 Å². The molecule has 1 amide bonds. The fourth-order valence-corrected chi connectivity index (χ4v) is 3.05. The molecule has 0 radical (unpaired) electrons. The Kier molecular flexibility index (Phi) is 4.20. The number of carbonyl (C=O) groups is 1. The lowest BCUT2D eigenvalue weighted by atomic mass is 9.84. The van der Waals surface area contributed by atoms with Crippen molar-refractivity contribution in [3.8, 4) is 23.0 Å². The number of carbonyl (C=O) groups excluding carboxylic acids is 1. The Balaban J connectivity index is 2.14. The van der Waals surface area contributed by atoms with Crippen LogP contribution in [0, 0.1) is 0 Å². The van der Waals surface area contributed by atoms with Crippen LogP contribution in [0.4, 0.5) is 5.69 Å². The molecule has 0 saturated heterocycles. The lowest BCUT2D eigenvalue weighted by Gasteiger charge is -2.27. The van der Waals surface area contributed by atoms with Crippen molar-refractivity contribution in [2.45, 2.75) is 12.3 Å². The van der Waals surface area contributed by atoms with Gasteiger partial charge in [0.2, 0.25) is 11.7 Å². The molecule has 1 heterocycles. The first-order chi connectivity index (χ1) is 11.6. The van der Waals surface area contributed by atoms with E-state index in [1.165, 1.54) is 0 Å². The zero-order valence-electron chi connectivity index (χ0n) is 13.8. The van der Waals surface area contributed by atoms with Crippen LogP contribution >= 0.6 is 0 Å². The summed E-state index contributed by atoms with van der Waals surface area (Å²) in [5.74, 6) is 1.43. The fourth-order valence-electron chi connectivity index (χ4n) is 3.05. The summed E-state index contributed by atoms with van der Waals surface area (Å²) in [4.78, 5) is 12.1. The molecule has 0 aliphatic carbocycles. The molecule has 1 aliphatic rings. The third-order valence-electron chi connectivity index (χ3n) is 4.17. The van der Waals surface area contributed by atoms with Gasteiger partial charge in [-0.2, -0.15) is 0 Å². The van der Waals surface area contributed by atoms with Crippen LogP contribution in [0.1, 0.15) is 23.5 Å². The number of benzene rings is 2. The second kappa shape index (κ2) is 6.31. The maximum absolute atomic E-state index is 12.1. The zero-order valence-corrected chi connectivity index (χ0v) is 13.8. The van der Waals surface area contributed by atoms with E-state index in [4.69, 9.17) is 14.2 Å². The number of hydrogen-bond donors (Lipinski definition) is 2. The van der Waals surface area contributed by atoms with Gasteiger partial charge < -0.3 is 24.6 Å². The van der Waals surface area contributed by atoms with E-state index in [-0.39, 0.29) is 17.6 Å². The van der Waals surface area contributed by atoms with E-state index in [1.54, 1.807) is 33.5 Å². The number of phenols is 1. The molecule has 2 aromatic carbocycles. The molecule has 24 heavy (non-hydrogen) atoms. The first-order valence-corrected chi connectivity index (χ1v) is 7.50. The van der Waals surface area contributed by atoms with Crippen molar-refractivity contribution in [2.75, 3.05) is 26.6 Å². The molecule has 0 aromatic heterocycles. The Hall–Kier alpha value is -2.89. The van der Waals surface area contributed by atoms with E-state index in [2.05, 4.69) is 5.32 Å². The van der Waals surface area contributed by atoms with Crippen molar-refractivity contribution in [3.63, 3.8) is 0 Å². The van der Waals surface area contributed by atoms with E-state index in [9.17, 15) is 9.90 Å². The summed E-state index contributed by atoms with van der Waals surface area (Å²) >= 11 is 0. The van der Waals surface area contributed by atoms with E-state index in [0.29, 0.717) is 29.4 Å². The van der Waals surface area contributed by atoms with Crippen LogP contribution in [-0.4, -0.2) is 32.3 Å². The minimum atomic E-state index is -0.164. The van der Waals surface area contributed by atoms with Gasteiger partial charge in [0.05, 0.1) is 21.3 Å². The highest BCUT2D eigenvalue weighted by Gasteiger charge is 2.28. The van der Waals surface area contributed by atoms with Gasteiger partial charge in [-0.15, -0.1) is 0 Å². The molecule has 0 fully saturated rings. The number of rotatable bonds is 4. The summed E-state index contributed by atoms with van der Waals surface area (Å²) < 4.78 is 16.1. The van der Waals surface area contributed by atoms with Gasteiger partial charge in [-0.05, 0) is 29.3 Å². The molecule has 2 aromatic rings. The summed E-state index contributed by atoms with van der Waals surface area (Å²) in [6.07, 6.45) is 0.302. The van der Waals surface area contributed by atoms with Crippen LogP contribution in [-0.2, 0) is 4.79 Å². The maximum Gasteiger partial charge on any atom is 0.225 e. The maximum atomic E-state index is 12.1. The fraction of sp³-hybridized carbons (Fsp3) is 0.278. The number of fused-ring (bicyclic) bond motifs is 1. The molecule has 6 nitrogen and oxygen atoms in total. The van der Waals surface area contributed by atoms with Crippen molar-refractivity contribution in [1.82, 2.24) is 0 Å². The number of phenolic OH excluding ortho intramolecular Hbond substituents is 1. The van der Waals surface area contributed by atoms with Gasteiger partial charge in [-0.25, -0.2) is 0 Å². The standard InChI is InChI=1S/C18H19NO5/c1-22-15-6-10(7-16(23-2)18(15)24-3)13-9-17(21)19-14-8-11(20)4-5-12(13)14/h4-8,13,20H,9H2,1-3H3,(H,19,21). The number of aromatic hydroxyl groups is 1. The number of hydrogen-bond acceptors (Lipinski definition) is 5. The summed E-state index contributed by atoms with van der Waals surface area (Å²) in [7, 11) is 4.66. The molecule has 0 spiro atoms. The van der Waals surface area contributed by atoms with E-state index in [0.717, 1.165) is 11.1 Å². The molecule has 1 aliphatic heterocycles. The van der Waals surface area contributed by atoms with Crippen LogP contribution in [0.5, 0.6) is 23.0 Å². The van der Waals surface area contributed by atoms with Crippen LogP contribution in [0.2, 0.25) is 0 Å². The Labute approximate surface area is 140 Å². The van der Waals surface area contributed by atoms with Crippen molar-refractivity contribution >= 4 is 11.6 Å². The number of amides is 1. The highest BCUT2D eigenvalue weighted by Crippen LogP contribution is 2.44. The summed E-state index contributed by atoms with van der Waals surface area (Å²) in [5.41, 5.74) is 2.43. The van der Waals surface area contributed by atoms with Gasteiger partial charge in [0.25, 0.3) is 0 Å². The minimum Gasteiger partial charge on any atom is -0.508 e. The molecule has 0 saturated carbocycles. The van der Waals surface area contributed by atoms with Crippen molar-refractivity contribution in [1.29, 1.82) is 0 Å². The summed E-state index contributed by atoms with van der Waals surface area (Å²) in [6, 6.07) is 8.68. The normalized spacial score (nSPS) is 16.1. The van der Waals surface area contributed by atoms with Gasteiger partial charge >= 0.3 is 0 Å². The van der Waals surface area contributed by atoms with Crippen LogP contribution in [0.3, 0.4) is 0 Å². The van der Waals surface area contributed by atoms with Crippen LogP contribution < -0.4 is 19.5 Å². The average Bonchev–Trinajstić information content (AvgIpc) is 2.59. The molecule has 126 valence electrons. The lowest BCUT2D eigenvalue weighted by molar-refractivity contribution is -0.116. The third kappa shape index (κ3) is 2.71. The molecular weight excluding hydrogens is 310 g/mol. The third-order valence-corrected chi connectivity index (χ3v) is 4.17. The van der Waals surface area contributed by atoms with Crippen molar-refractivity contribution in [2.24, 2.45) is 0 Å². The Bertz CT molecular complexity index is 762. The second-order valence-corrected chi connectivity index (χ2v) is 5.54. The van der Waals surface area contributed by atoms with Gasteiger partial charge in [0, 0.05) is 24.1 Å². The SMILES string of the molecule is COc1cc(C2CC(=O)Nc3cc(O)ccc32)cc(OC)c1OC. The predicted molar refractivity (Wildman–Crippen MR) is 89.3 cm³/mol. The number of anilines is 1. The van der Waals surface area contributed by atoms with Gasteiger partial charge in [0.15, 0.2) is 11.5 Å². The summed E-state index contributed by atoms with van der Waals surface area (Å²) in [5, 5.41) is 12.5. The van der Waals surface area contributed by atoms with Crippen LogP contribution in [0.15, 0.2) is 30.3 Å². The lowest BCUT2D eigenvalue weighted by Crippen LogP contribution is -2.23. The highest BCUT2D eigenvalue weighted by molar-refractivity contribution is 5.95. The Morgan fingerprint density at radius 1 is 1.04 bits per heavy atom. The van der Waals surface area contributed by atoms with E-state index >= 15 is 0 Å². The molecular formula is C18H19NO5. The monoisotopic (exact) mass is 329 g/mol. The van der Waals surface area contributed by atoms with E-state index < -0.39 is 0 Å². The zero-order chi connectivity index (χ0) is 17.3. The number of nitrogens with one attached hydrogen (secondary N) is 1. The van der Waals surface area contributed by atoms with Gasteiger partial charge in [-0.3, -0.25) is 4.79 Å². The topological polar surface area (TPSA) is 77.0 Å². The van der Waals surface area contributed by atoms with Crippen molar-refractivity contribution < 1.29 is 24.1 Å². The first kappa shape index (κ1) is 16.0. The second-order valence-electron chi connectivity index (χ2n) is 5.54. The molecule has 6 heteroatoms. The average molecular weight is 329 g/mol. The van der Waals surface area contributed by atoms with Gasteiger partial charge in [-0.1, -0.05) is 6.07 Å². The number of methoxy groups -OCH3 is 3. The van der Waals surface area contributed by atoms with Crippen LogP contribution in [0.25, 0.3) is 0 Å². The van der Waals surface area contributed by atoms with Gasteiger partial charge in [0.1, 0.15) is 5.75 Å². The summed E-state index contributed by atoms with van der Waals surface area (Å²) in [6.45, 7) is 0. The molecule has 1 atom stereocenters. The number of ether oxygens (including phenoxy) is 3. The first-order valence-electron chi connectivity index (χ1n) is 7.50. The smallest absolute Gasteiger partial charge is 0.225 e. The Morgan fingerprint density at radius 3 is 2.29 bits per heavy atom. The molecule has 1 unspecified atom stereocenters. The highest BCUT2D eigenvalue weighted by atomic mass is 16.5. The Morgan fingerprint density at radius 2 is 1.71 bits per heavy atom. The predicted octanol–water partition coefficient (Wildman–Crippen LogP) is 2.89. The minimum absolute atomic E-state index is 0.105. The van der Waals surface area contributed by atoms with Crippen molar-refractivity contribution in [3.05, 3.63) is 41.5 Å². The molecule has 2 N–H and O–H groups in total. The largest absolute Gasteiger partial charge is 0.508 e.